The molecule has 2 aromatic rings. The van der Waals surface area contributed by atoms with E-state index in [0.717, 1.165) is 14.4 Å². The predicted octanol–water partition coefficient (Wildman–Crippen LogP) is -0.368. The average Bonchev–Trinajstić information content (AvgIpc) is 2.73. The molecule has 1 saturated heterocycles. The number of hydrogen-bond donors (Lipinski definition) is 1. The van der Waals surface area contributed by atoms with E-state index in [4.69, 9.17) is 0 Å². The van der Waals surface area contributed by atoms with Gasteiger partial charge in [0.25, 0.3) is 0 Å². The first-order valence-corrected chi connectivity index (χ1v) is 11.5. The molecule has 1 aliphatic heterocycles. The number of carbonyl (C=O) groups excluding carboxylic acids is 1. The molecule has 1 aliphatic carbocycles. The van der Waals surface area contributed by atoms with Crippen molar-refractivity contribution in [3.8, 4) is 11.3 Å². The van der Waals surface area contributed by atoms with Crippen LogP contribution in [-0.2, 0) is 10.2 Å². The predicted molar refractivity (Wildman–Crippen MR) is 89.4 cm³/mol. The number of alkyl halides is 2. The van der Waals surface area contributed by atoms with E-state index in [1.165, 1.54) is 18.2 Å². The third-order valence-electron chi connectivity index (χ3n) is 5.97. The number of amides is 1. The van der Waals surface area contributed by atoms with Crippen LogP contribution in [0.5, 0.6) is 0 Å². The van der Waals surface area contributed by atoms with E-state index in [1.54, 1.807) is 13.1 Å². The summed E-state index contributed by atoms with van der Waals surface area (Å²) in [5.74, 6) is -1.20. The summed E-state index contributed by atoms with van der Waals surface area (Å²) in [5.41, 5.74) is 0.618. The van der Waals surface area contributed by atoms with Crippen molar-refractivity contribution < 1.29 is 34.8 Å². The van der Waals surface area contributed by atoms with Gasteiger partial charge in [-0.2, -0.15) is 0 Å². The Morgan fingerprint density at radius 3 is 2.62 bits per heavy atom. The summed E-state index contributed by atoms with van der Waals surface area (Å²) in [7, 11) is 1.64. The Hall–Kier alpha value is -1.64. The summed E-state index contributed by atoms with van der Waals surface area (Å²) in [6.07, 6.45) is 0. The van der Waals surface area contributed by atoms with Crippen LogP contribution in [0.25, 0.3) is 11.3 Å². The Morgan fingerprint density at radius 2 is 1.96 bits per heavy atom. The van der Waals surface area contributed by atoms with Crippen molar-refractivity contribution in [1.29, 1.82) is 0 Å². The molecular weight excluding hydrogens is 451 g/mol. The SMILES string of the molecule is CNC(=O)[C@]12C[I-]C[C@H](c3cc(-c4c(F)cccc4F)nnc31)C2(C)C. The fourth-order valence-corrected chi connectivity index (χ4v) is 9.36. The van der Waals surface area contributed by atoms with Crippen LogP contribution in [0.15, 0.2) is 24.3 Å². The molecule has 2 bridgehead atoms. The number of halogens is 3. The van der Waals surface area contributed by atoms with E-state index < -0.39 is 17.0 Å². The van der Waals surface area contributed by atoms with Gasteiger partial charge in [0.05, 0.1) is 0 Å². The van der Waals surface area contributed by atoms with Crippen LogP contribution in [0.2, 0.25) is 0 Å². The zero-order valence-corrected chi connectivity index (χ0v) is 16.9. The van der Waals surface area contributed by atoms with Crippen LogP contribution in [0.1, 0.15) is 31.0 Å². The van der Waals surface area contributed by atoms with Crippen molar-refractivity contribution in [1.82, 2.24) is 15.5 Å². The molecule has 1 aromatic heterocycles. The molecule has 1 amide bonds. The van der Waals surface area contributed by atoms with Gasteiger partial charge in [-0.25, -0.2) is 0 Å². The summed E-state index contributed by atoms with van der Waals surface area (Å²) >= 11 is -0.155. The quantitative estimate of drug-likeness (QED) is 0.482. The van der Waals surface area contributed by atoms with Gasteiger partial charge >= 0.3 is 161 Å². The first kappa shape index (κ1) is 17.8. The zero-order chi connectivity index (χ0) is 18.7. The molecule has 1 N–H and O–H groups in total. The van der Waals surface area contributed by atoms with Gasteiger partial charge in [0.15, 0.2) is 0 Å². The fourth-order valence-electron chi connectivity index (χ4n) is 4.35. The van der Waals surface area contributed by atoms with Crippen LogP contribution in [0.4, 0.5) is 8.78 Å². The van der Waals surface area contributed by atoms with E-state index >= 15 is 0 Å². The first-order chi connectivity index (χ1) is 12.3. The Bertz CT molecular complexity index is 897. The number of carbonyl (C=O) groups is 1. The molecule has 4 rings (SSSR count). The summed E-state index contributed by atoms with van der Waals surface area (Å²) in [5, 5.41) is 11.3. The number of fused-ring (bicyclic) bond motifs is 5. The summed E-state index contributed by atoms with van der Waals surface area (Å²) in [6, 6.07) is 5.51. The normalized spacial score (nSPS) is 26.0. The van der Waals surface area contributed by atoms with Crippen molar-refractivity contribution in [2.24, 2.45) is 5.41 Å². The van der Waals surface area contributed by atoms with Crippen molar-refractivity contribution in [3.05, 3.63) is 47.2 Å². The van der Waals surface area contributed by atoms with Gasteiger partial charge in [0, 0.05) is 0 Å². The summed E-state index contributed by atoms with van der Waals surface area (Å²) in [4.78, 5) is 12.9. The third kappa shape index (κ3) is 2.12. The molecule has 1 fully saturated rings. The molecule has 2 aliphatic rings. The molecule has 0 saturated carbocycles. The summed E-state index contributed by atoms with van der Waals surface area (Å²) < 4.78 is 30.2. The van der Waals surface area contributed by atoms with E-state index in [0.29, 0.717) is 5.69 Å². The van der Waals surface area contributed by atoms with Gasteiger partial charge < -0.3 is 0 Å². The second-order valence-corrected chi connectivity index (χ2v) is 10.1. The molecule has 2 atom stereocenters. The molecule has 0 spiro atoms. The number of benzene rings is 1. The monoisotopic (exact) mass is 470 g/mol. The summed E-state index contributed by atoms with van der Waals surface area (Å²) in [6.45, 7) is 4.20. The zero-order valence-electron chi connectivity index (χ0n) is 14.7. The number of nitrogens with one attached hydrogen (secondary N) is 1. The number of aromatic nitrogens is 2. The molecular formula is C19H19F2IN3O-. The molecule has 0 unspecified atom stereocenters. The maximum atomic E-state index is 14.2. The van der Waals surface area contributed by atoms with Gasteiger partial charge in [-0.1, -0.05) is 0 Å². The van der Waals surface area contributed by atoms with E-state index in [1.807, 2.05) is 0 Å². The molecule has 2 heterocycles. The van der Waals surface area contributed by atoms with E-state index in [9.17, 15) is 13.6 Å². The Morgan fingerprint density at radius 1 is 1.27 bits per heavy atom. The van der Waals surface area contributed by atoms with Gasteiger partial charge in [-0.3, -0.25) is 0 Å². The molecule has 138 valence electrons. The number of nitrogens with zero attached hydrogens (tertiary/aromatic N) is 2. The van der Waals surface area contributed by atoms with Crippen molar-refractivity contribution in [2.75, 3.05) is 15.9 Å². The average molecular weight is 470 g/mol. The van der Waals surface area contributed by atoms with Gasteiger partial charge in [0.2, 0.25) is 0 Å². The van der Waals surface area contributed by atoms with Crippen LogP contribution < -0.4 is 26.5 Å². The van der Waals surface area contributed by atoms with Crippen LogP contribution in [-0.4, -0.2) is 32.0 Å². The van der Waals surface area contributed by atoms with Crippen LogP contribution in [0, 0.1) is 17.0 Å². The molecule has 26 heavy (non-hydrogen) atoms. The van der Waals surface area contributed by atoms with Crippen LogP contribution in [0.3, 0.4) is 0 Å². The van der Waals surface area contributed by atoms with Gasteiger partial charge in [0.1, 0.15) is 0 Å². The number of hydrogen-bond acceptors (Lipinski definition) is 3. The second-order valence-electron chi connectivity index (χ2n) is 7.37. The van der Waals surface area contributed by atoms with Gasteiger partial charge in [-0.15, -0.1) is 0 Å². The Labute approximate surface area is 161 Å². The molecule has 1 aromatic carbocycles. The molecule has 0 radical (unpaired) electrons. The second kappa shape index (κ2) is 5.94. The van der Waals surface area contributed by atoms with Crippen molar-refractivity contribution in [2.45, 2.75) is 25.2 Å². The molecule has 7 heteroatoms. The number of likely N-dealkylation sites (N-methyl/N-ethyl adjacent to an activating group) is 1. The standard InChI is InChI=1S/C19H19F2IN3O/c1-18(2)11-8-22-9-19(18,17(26)23-3)16-10(11)7-14(24-25-16)15-12(20)5-4-6-13(15)21/h4-7,11H,8-9H2,1-3H3,(H,23,26)/q-1/t11-,19+/m1/s1. The third-order valence-corrected chi connectivity index (χ3v) is 9.15. The Balaban J connectivity index is 1.95. The maximum absolute atomic E-state index is 14.2. The fraction of sp³-hybridized carbons (Fsp3) is 0.421. The molecule has 4 nitrogen and oxygen atoms in total. The van der Waals surface area contributed by atoms with E-state index in [-0.39, 0.29) is 49.7 Å². The van der Waals surface area contributed by atoms with Gasteiger partial charge in [-0.05, 0) is 0 Å². The minimum atomic E-state index is -0.702. The topological polar surface area (TPSA) is 54.9 Å². The minimum absolute atomic E-state index is 0.0372. The van der Waals surface area contributed by atoms with E-state index in [2.05, 4.69) is 29.4 Å². The Kier molecular flexibility index (Phi) is 4.05. The first-order valence-electron chi connectivity index (χ1n) is 8.42. The van der Waals surface area contributed by atoms with Crippen molar-refractivity contribution >= 4 is 5.91 Å². The number of rotatable bonds is 2. The van der Waals surface area contributed by atoms with Crippen LogP contribution >= 0.6 is 0 Å². The van der Waals surface area contributed by atoms with Crippen molar-refractivity contribution in [3.63, 3.8) is 0 Å².